The topological polar surface area (TPSA) is 107 Å². The number of anilines is 1. The van der Waals surface area contributed by atoms with Crippen LogP contribution in [0.3, 0.4) is 0 Å². The summed E-state index contributed by atoms with van der Waals surface area (Å²) in [7, 11) is 3.45. The van der Waals surface area contributed by atoms with Crippen molar-refractivity contribution in [1.82, 2.24) is 19.9 Å². The summed E-state index contributed by atoms with van der Waals surface area (Å²) < 4.78 is 6.92. The van der Waals surface area contributed by atoms with Crippen LogP contribution in [0.2, 0.25) is 0 Å². The Morgan fingerprint density at radius 3 is 2.87 bits per heavy atom. The molecule has 0 spiro atoms. The number of hydrogen-bond donors (Lipinski definition) is 3. The highest BCUT2D eigenvalue weighted by atomic mass is 16.5. The monoisotopic (exact) mass is 318 g/mol. The molecule has 1 fully saturated rings. The van der Waals surface area contributed by atoms with Gasteiger partial charge in [-0.3, -0.25) is 4.79 Å². The molecule has 1 aliphatic carbocycles. The molecule has 0 radical (unpaired) electrons. The number of hydrogen-bond acceptors (Lipinski definition) is 6. The van der Waals surface area contributed by atoms with Gasteiger partial charge in [-0.25, -0.2) is 4.98 Å². The largest absolute Gasteiger partial charge is 0.379 e. The fourth-order valence-electron chi connectivity index (χ4n) is 2.72. The second kappa shape index (κ2) is 6.13. The second-order valence-electron chi connectivity index (χ2n) is 5.83. The number of nitrogens with zero attached hydrogens (tertiary/aromatic N) is 3. The van der Waals surface area contributed by atoms with E-state index < -0.39 is 0 Å². The molecule has 124 valence electrons. The van der Waals surface area contributed by atoms with E-state index in [4.69, 9.17) is 10.5 Å². The van der Waals surface area contributed by atoms with E-state index in [0.29, 0.717) is 16.9 Å². The summed E-state index contributed by atoms with van der Waals surface area (Å²) in [6, 6.07) is 1.64. The van der Waals surface area contributed by atoms with Crippen LogP contribution in [0.1, 0.15) is 41.9 Å². The zero-order valence-corrected chi connectivity index (χ0v) is 13.5. The fourth-order valence-corrected chi connectivity index (χ4v) is 2.72. The molecule has 2 heterocycles. The van der Waals surface area contributed by atoms with Gasteiger partial charge in [-0.1, -0.05) is 0 Å². The highest BCUT2D eigenvalue weighted by Crippen LogP contribution is 2.24. The van der Waals surface area contributed by atoms with Gasteiger partial charge in [0.2, 0.25) is 0 Å². The van der Waals surface area contributed by atoms with Crippen LogP contribution in [0.15, 0.2) is 12.3 Å². The molecule has 1 aliphatic rings. The SMILES string of the molecule is CNc1cc(C(C)N)nc2c(C(=O)N[C@H]3CC[C@@H]3OC)cnn12. The number of carbonyl (C=O) groups is 1. The van der Waals surface area contributed by atoms with E-state index in [1.54, 1.807) is 18.7 Å². The van der Waals surface area contributed by atoms with Crippen molar-refractivity contribution in [3.63, 3.8) is 0 Å². The highest BCUT2D eigenvalue weighted by Gasteiger charge is 2.33. The molecule has 2 aromatic rings. The van der Waals surface area contributed by atoms with Crippen molar-refractivity contribution in [2.45, 2.75) is 38.0 Å². The summed E-state index contributed by atoms with van der Waals surface area (Å²) >= 11 is 0. The predicted molar refractivity (Wildman–Crippen MR) is 86.4 cm³/mol. The Bertz CT molecular complexity index is 724. The summed E-state index contributed by atoms with van der Waals surface area (Å²) in [5, 5.41) is 10.3. The lowest BCUT2D eigenvalue weighted by molar-refractivity contribution is 0.00732. The smallest absolute Gasteiger partial charge is 0.257 e. The van der Waals surface area contributed by atoms with E-state index in [1.165, 1.54) is 6.20 Å². The van der Waals surface area contributed by atoms with Crippen LogP contribution < -0.4 is 16.4 Å². The number of nitrogens with one attached hydrogen (secondary N) is 2. The Labute approximate surface area is 134 Å². The molecule has 1 amide bonds. The number of amides is 1. The molecular formula is C15H22N6O2. The fraction of sp³-hybridized carbons (Fsp3) is 0.533. The first kappa shape index (κ1) is 15.7. The standard InChI is InChI=1S/C15H22N6O2/c1-8(16)11-6-13(17-2)21-14(19-11)9(7-18-21)15(22)20-10-4-5-12(10)23-3/h6-8,10,12,17H,4-5,16H2,1-3H3,(H,20,22)/t8?,10-,12-/m0/s1. The molecule has 3 rings (SSSR count). The lowest BCUT2D eigenvalue weighted by Crippen LogP contribution is -2.51. The second-order valence-corrected chi connectivity index (χ2v) is 5.83. The minimum absolute atomic E-state index is 0.0443. The molecule has 0 saturated heterocycles. The van der Waals surface area contributed by atoms with Gasteiger partial charge in [0.15, 0.2) is 5.65 Å². The highest BCUT2D eigenvalue weighted by molar-refractivity contribution is 6.00. The van der Waals surface area contributed by atoms with E-state index >= 15 is 0 Å². The molecule has 1 saturated carbocycles. The van der Waals surface area contributed by atoms with Gasteiger partial charge < -0.3 is 21.1 Å². The van der Waals surface area contributed by atoms with Crippen molar-refractivity contribution in [2.75, 3.05) is 19.5 Å². The van der Waals surface area contributed by atoms with Crippen LogP contribution in [0.5, 0.6) is 0 Å². The van der Waals surface area contributed by atoms with Crippen molar-refractivity contribution in [1.29, 1.82) is 0 Å². The summed E-state index contributed by atoms with van der Waals surface area (Å²) in [6.07, 6.45) is 3.50. The van der Waals surface area contributed by atoms with Crippen LogP contribution in [0.4, 0.5) is 5.82 Å². The predicted octanol–water partition coefficient (Wildman–Crippen LogP) is 0.698. The average molecular weight is 318 g/mol. The zero-order chi connectivity index (χ0) is 16.6. The van der Waals surface area contributed by atoms with Crippen LogP contribution >= 0.6 is 0 Å². The number of methoxy groups -OCH3 is 1. The number of nitrogens with two attached hydrogens (primary N) is 1. The number of rotatable bonds is 5. The van der Waals surface area contributed by atoms with Crippen molar-refractivity contribution < 1.29 is 9.53 Å². The van der Waals surface area contributed by atoms with Gasteiger partial charge in [0.1, 0.15) is 11.4 Å². The first-order valence-corrected chi connectivity index (χ1v) is 7.70. The molecule has 4 N–H and O–H groups in total. The molecule has 3 atom stereocenters. The van der Waals surface area contributed by atoms with E-state index in [1.807, 2.05) is 13.0 Å². The maximum atomic E-state index is 12.6. The molecule has 0 bridgehead atoms. The van der Waals surface area contributed by atoms with E-state index in [0.717, 1.165) is 18.7 Å². The van der Waals surface area contributed by atoms with Gasteiger partial charge in [-0.15, -0.1) is 0 Å². The number of aromatic nitrogens is 3. The first-order chi connectivity index (χ1) is 11.0. The molecule has 8 heteroatoms. The van der Waals surface area contributed by atoms with Crippen molar-refractivity contribution >= 4 is 17.4 Å². The molecular weight excluding hydrogens is 296 g/mol. The van der Waals surface area contributed by atoms with Crippen molar-refractivity contribution in [3.05, 3.63) is 23.5 Å². The van der Waals surface area contributed by atoms with Gasteiger partial charge in [-0.2, -0.15) is 9.61 Å². The van der Waals surface area contributed by atoms with Crippen LogP contribution in [0, 0.1) is 0 Å². The van der Waals surface area contributed by atoms with Gasteiger partial charge in [-0.05, 0) is 19.8 Å². The summed E-state index contributed by atoms with van der Waals surface area (Å²) in [5.74, 6) is 0.544. The molecule has 8 nitrogen and oxygen atoms in total. The number of ether oxygens (including phenoxy) is 1. The normalized spacial score (nSPS) is 21.7. The van der Waals surface area contributed by atoms with Crippen LogP contribution in [0.25, 0.3) is 5.65 Å². The Hall–Kier alpha value is -2.19. The summed E-state index contributed by atoms with van der Waals surface area (Å²) in [5.41, 5.74) is 7.57. The molecule has 2 aromatic heterocycles. The summed E-state index contributed by atoms with van der Waals surface area (Å²) in [4.78, 5) is 17.1. The maximum absolute atomic E-state index is 12.6. The third-order valence-corrected chi connectivity index (χ3v) is 4.29. The van der Waals surface area contributed by atoms with Crippen LogP contribution in [-0.4, -0.2) is 46.8 Å². The third kappa shape index (κ3) is 2.75. The quantitative estimate of drug-likeness (QED) is 0.749. The Morgan fingerprint density at radius 1 is 1.52 bits per heavy atom. The first-order valence-electron chi connectivity index (χ1n) is 7.70. The molecule has 1 unspecified atom stereocenters. The van der Waals surface area contributed by atoms with Crippen molar-refractivity contribution in [2.24, 2.45) is 5.73 Å². The van der Waals surface area contributed by atoms with Crippen molar-refractivity contribution in [3.8, 4) is 0 Å². The number of carbonyl (C=O) groups excluding carboxylic acids is 1. The van der Waals surface area contributed by atoms with Gasteiger partial charge in [0.25, 0.3) is 5.91 Å². The Morgan fingerprint density at radius 2 is 2.30 bits per heavy atom. The Balaban J connectivity index is 1.94. The van der Waals surface area contributed by atoms with Gasteiger partial charge in [0, 0.05) is 26.3 Å². The van der Waals surface area contributed by atoms with Gasteiger partial charge >= 0.3 is 0 Å². The van der Waals surface area contributed by atoms with E-state index in [-0.39, 0.29) is 24.1 Å². The lowest BCUT2D eigenvalue weighted by atomic mass is 9.89. The van der Waals surface area contributed by atoms with E-state index in [2.05, 4.69) is 20.7 Å². The number of fused-ring (bicyclic) bond motifs is 1. The minimum atomic E-state index is -0.234. The lowest BCUT2D eigenvalue weighted by Gasteiger charge is -2.35. The van der Waals surface area contributed by atoms with Gasteiger partial charge in [0.05, 0.1) is 24.0 Å². The molecule has 23 heavy (non-hydrogen) atoms. The minimum Gasteiger partial charge on any atom is -0.379 e. The third-order valence-electron chi connectivity index (χ3n) is 4.29. The Kier molecular flexibility index (Phi) is 4.18. The molecule has 0 aromatic carbocycles. The van der Waals surface area contributed by atoms with E-state index in [9.17, 15) is 4.79 Å². The summed E-state index contributed by atoms with van der Waals surface area (Å²) in [6.45, 7) is 1.85. The molecule has 0 aliphatic heterocycles. The average Bonchev–Trinajstić information content (AvgIpc) is 2.94. The van der Waals surface area contributed by atoms with Crippen LogP contribution in [-0.2, 0) is 4.74 Å². The zero-order valence-electron chi connectivity index (χ0n) is 13.5. The maximum Gasteiger partial charge on any atom is 0.257 e.